The average Bonchev–Trinajstić information content (AvgIpc) is 2.91. The minimum atomic E-state index is -0.153. The molecule has 1 N–H and O–H groups in total. The minimum absolute atomic E-state index is 0.153. The maximum atomic E-state index is 11.6. The van der Waals surface area contributed by atoms with Crippen molar-refractivity contribution in [3.05, 3.63) is 42.1 Å². The van der Waals surface area contributed by atoms with Crippen molar-refractivity contribution in [3.63, 3.8) is 0 Å². The summed E-state index contributed by atoms with van der Waals surface area (Å²) >= 11 is 0. The van der Waals surface area contributed by atoms with Crippen LogP contribution in [0.25, 0.3) is 16.9 Å². The Morgan fingerprint density at radius 3 is 2.54 bits per heavy atom. The van der Waals surface area contributed by atoms with Gasteiger partial charge in [0.15, 0.2) is 11.5 Å². The van der Waals surface area contributed by atoms with E-state index >= 15 is 0 Å². The fourth-order valence-corrected chi connectivity index (χ4v) is 2.62. The van der Waals surface area contributed by atoms with E-state index in [1.165, 1.54) is 6.92 Å². The number of fused-ring (bicyclic) bond motifs is 1. The van der Waals surface area contributed by atoms with E-state index in [-0.39, 0.29) is 5.91 Å². The lowest BCUT2D eigenvalue weighted by Crippen LogP contribution is -2.09. The number of anilines is 1. The van der Waals surface area contributed by atoms with Gasteiger partial charge in [0.2, 0.25) is 5.91 Å². The Balaban J connectivity index is 2.23. The highest BCUT2D eigenvalue weighted by atomic mass is 16.5. The van der Waals surface area contributed by atoms with Crippen molar-refractivity contribution in [1.82, 2.24) is 9.38 Å². The molecule has 6 heteroatoms. The third-order valence-corrected chi connectivity index (χ3v) is 3.72. The van der Waals surface area contributed by atoms with Crippen LogP contribution in [0.3, 0.4) is 0 Å². The fourth-order valence-electron chi connectivity index (χ4n) is 2.62. The topological polar surface area (TPSA) is 64.9 Å². The normalized spacial score (nSPS) is 10.7. The van der Waals surface area contributed by atoms with Crippen LogP contribution in [-0.4, -0.2) is 29.5 Å². The zero-order valence-electron chi connectivity index (χ0n) is 14.1. The molecule has 0 saturated carbocycles. The van der Waals surface area contributed by atoms with Crippen LogP contribution >= 0.6 is 0 Å². The molecule has 24 heavy (non-hydrogen) atoms. The smallest absolute Gasteiger partial charge is 0.222 e. The summed E-state index contributed by atoms with van der Waals surface area (Å²) in [6.45, 7) is 3.47. The van der Waals surface area contributed by atoms with E-state index in [1.54, 1.807) is 14.2 Å². The molecule has 3 aromatic rings. The highest BCUT2D eigenvalue weighted by molar-refractivity contribution is 5.93. The first-order valence-electron chi connectivity index (χ1n) is 7.52. The number of nitrogens with zero attached hydrogens (tertiary/aromatic N) is 2. The SMILES string of the molecule is COc1ccc(-c2nc3ccc(C)cn3c2NC(C)=O)cc1OC. The molecular formula is C18H19N3O3. The van der Waals surface area contributed by atoms with Crippen molar-refractivity contribution in [2.45, 2.75) is 13.8 Å². The summed E-state index contributed by atoms with van der Waals surface area (Å²) in [5.74, 6) is 1.73. The van der Waals surface area contributed by atoms with E-state index in [1.807, 2.05) is 47.9 Å². The molecule has 1 amide bonds. The first-order chi connectivity index (χ1) is 11.5. The van der Waals surface area contributed by atoms with Gasteiger partial charge in [-0.05, 0) is 36.8 Å². The number of ether oxygens (including phenoxy) is 2. The Morgan fingerprint density at radius 2 is 1.88 bits per heavy atom. The molecule has 6 nitrogen and oxygen atoms in total. The monoisotopic (exact) mass is 325 g/mol. The zero-order chi connectivity index (χ0) is 17.3. The molecule has 0 aliphatic rings. The Kier molecular flexibility index (Phi) is 4.12. The molecule has 2 heterocycles. The van der Waals surface area contributed by atoms with Gasteiger partial charge in [0.1, 0.15) is 17.2 Å². The van der Waals surface area contributed by atoms with Gasteiger partial charge in [0.25, 0.3) is 0 Å². The molecular weight excluding hydrogens is 306 g/mol. The van der Waals surface area contributed by atoms with Crippen LogP contribution in [-0.2, 0) is 4.79 Å². The van der Waals surface area contributed by atoms with Gasteiger partial charge in [0.05, 0.1) is 14.2 Å². The van der Waals surface area contributed by atoms with Crippen LogP contribution in [0.5, 0.6) is 11.5 Å². The first-order valence-corrected chi connectivity index (χ1v) is 7.52. The van der Waals surface area contributed by atoms with Crippen LogP contribution < -0.4 is 14.8 Å². The van der Waals surface area contributed by atoms with Crippen molar-refractivity contribution in [2.24, 2.45) is 0 Å². The van der Waals surface area contributed by atoms with Gasteiger partial charge in [-0.3, -0.25) is 9.20 Å². The number of carbonyl (C=O) groups excluding carboxylic acids is 1. The van der Waals surface area contributed by atoms with Crippen molar-refractivity contribution >= 4 is 17.4 Å². The molecule has 124 valence electrons. The number of amides is 1. The second-order valence-corrected chi connectivity index (χ2v) is 5.49. The van der Waals surface area contributed by atoms with Crippen molar-refractivity contribution in [3.8, 4) is 22.8 Å². The fraction of sp³-hybridized carbons (Fsp3) is 0.222. The van der Waals surface area contributed by atoms with Crippen LogP contribution in [0, 0.1) is 6.92 Å². The van der Waals surface area contributed by atoms with Gasteiger partial charge in [-0.15, -0.1) is 0 Å². The van der Waals surface area contributed by atoms with E-state index in [0.717, 1.165) is 16.8 Å². The molecule has 0 spiro atoms. The van der Waals surface area contributed by atoms with Gasteiger partial charge in [-0.25, -0.2) is 4.98 Å². The highest BCUT2D eigenvalue weighted by Crippen LogP contribution is 2.35. The summed E-state index contributed by atoms with van der Waals surface area (Å²) in [7, 11) is 3.18. The number of methoxy groups -OCH3 is 2. The van der Waals surface area contributed by atoms with Crippen LogP contribution in [0.15, 0.2) is 36.5 Å². The van der Waals surface area contributed by atoms with E-state index in [2.05, 4.69) is 10.3 Å². The van der Waals surface area contributed by atoms with Gasteiger partial charge in [-0.2, -0.15) is 0 Å². The standard InChI is InChI=1S/C18H19N3O3/c1-11-5-8-16-20-17(18(19-12(2)22)21(16)10-11)13-6-7-14(23-3)15(9-13)24-4/h5-10H,1-4H3,(H,19,22). The third kappa shape index (κ3) is 2.78. The number of pyridine rings is 1. The van der Waals surface area contributed by atoms with Gasteiger partial charge < -0.3 is 14.8 Å². The quantitative estimate of drug-likeness (QED) is 0.799. The van der Waals surface area contributed by atoms with Crippen molar-refractivity contribution in [2.75, 3.05) is 19.5 Å². The molecule has 0 atom stereocenters. The van der Waals surface area contributed by atoms with E-state index in [0.29, 0.717) is 23.0 Å². The molecule has 0 bridgehead atoms. The molecule has 0 radical (unpaired) electrons. The molecule has 0 aliphatic carbocycles. The lowest BCUT2D eigenvalue weighted by Gasteiger charge is -2.10. The summed E-state index contributed by atoms with van der Waals surface area (Å²) in [5.41, 5.74) is 3.34. The number of aromatic nitrogens is 2. The maximum Gasteiger partial charge on any atom is 0.222 e. The average molecular weight is 325 g/mol. The summed E-state index contributed by atoms with van der Waals surface area (Å²) in [5, 5.41) is 2.88. The molecule has 0 unspecified atom stereocenters. The van der Waals surface area contributed by atoms with Crippen LogP contribution in [0.4, 0.5) is 5.82 Å². The first kappa shape index (κ1) is 15.9. The Morgan fingerprint density at radius 1 is 1.12 bits per heavy atom. The highest BCUT2D eigenvalue weighted by Gasteiger charge is 2.17. The zero-order valence-corrected chi connectivity index (χ0v) is 14.1. The third-order valence-electron chi connectivity index (χ3n) is 3.72. The van der Waals surface area contributed by atoms with Crippen molar-refractivity contribution in [1.29, 1.82) is 0 Å². The maximum absolute atomic E-state index is 11.6. The molecule has 0 saturated heterocycles. The number of rotatable bonds is 4. The number of nitrogens with one attached hydrogen (secondary N) is 1. The van der Waals surface area contributed by atoms with E-state index in [9.17, 15) is 4.79 Å². The molecule has 0 fully saturated rings. The number of hydrogen-bond acceptors (Lipinski definition) is 4. The minimum Gasteiger partial charge on any atom is -0.493 e. The Hall–Kier alpha value is -3.02. The summed E-state index contributed by atoms with van der Waals surface area (Å²) in [6.07, 6.45) is 1.94. The predicted molar refractivity (Wildman–Crippen MR) is 92.8 cm³/mol. The van der Waals surface area contributed by atoms with Gasteiger partial charge in [-0.1, -0.05) is 6.07 Å². The summed E-state index contributed by atoms with van der Waals surface area (Å²) in [4.78, 5) is 16.3. The lowest BCUT2D eigenvalue weighted by molar-refractivity contribution is -0.114. The number of imidazole rings is 1. The Bertz CT molecular complexity index is 915. The predicted octanol–water partition coefficient (Wildman–Crippen LogP) is 3.29. The Labute approximate surface area is 140 Å². The summed E-state index contributed by atoms with van der Waals surface area (Å²) in [6, 6.07) is 9.46. The molecule has 1 aromatic carbocycles. The van der Waals surface area contributed by atoms with Crippen LogP contribution in [0.2, 0.25) is 0 Å². The second kappa shape index (κ2) is 6.23. The van der Waals surface area contributed by atoms with Crippen molar-refractivity contribution < 1.29 is 14.3 Å². The number of hydrogen-bond donors (Lipinski definition) is 1. The van der Waals surface area contributed by atoms with Gasteiger partial charge in [0, 0.05) is 18.7 Å². The second-order valence-electron chi connectivity index (χ2n) is 5.49. The lowest BCUT2D eigenvalue weighted by atomic mass is 10.1. The molecule has 0 aliphatic heterocycles. The molecule has 2 aromatic heterocycles. The van der Waals surface area contributed by atoms with Crippen LogP contribution in [0.1, 0.15) is 12.5 Å². The van der Waals surface area contributed by atoms with E-state index in [4.69, 9.17) is 9.47 Å². The number of benzene rings is 1. The number of carbonyl (C=O) groups is 1. The largest absolute Gasteiger partial charge is 0.493 e. The van der Waals surface area contributed by atoms with Gasteiger partial charge >= 0.3 is 0 Å². The summed E-state index contributed by atoms with van der Waals surface area (Å²) < 4.78 is 12.5. The van der Waals surface area contributed by atoms with E-state index < -0.39 is 0 Å². The number of aryl methyl sites for hydroxylation is 1. The molecule has 3 rings (SSSR count).